The van der Waals surface area contributed by atoms with Gasteiger partial charge < -0.3 is 15.4 Å². The number of methoxy groups -OCH3 is 1. The van der Waals surface area contributed by atoms with Crippen molar-refractivity contribution in [1.82, 2.24) is 10.3 Å². The zero-order valence-corrected chi connectivity index (χ0v) is 19.8. The number of rotatable bonds is 9. The maximum Gasteiger partial charge on any atom is 0.407 e. The van der Waals surface area contributed by atoms with Gasteiger partial charge in [-0.3, -0.25) is 4.72 Å². The molecular formula is C23H26F2N4O4S. The fourth-order valence-electron chi connectivity index (χ4n) is 3.35. The molecule has 0 aliphatic heterocycles. The second-order valence-electron chi connectivity index (χ2n) is 7.75. The molecule has 0 aliphatic rings. The van der Waals surface area contributed by atoms with Crippen LogP contribution in [0.5, 0.6) is 0 Å². The van der Waals surface area contributed by atoms with Crippen molar-refractivity contribution in [3.05, 3.63) is 54.2 Å². The Morgan fingerprint density at radius 1 is 1.15 bits per heavy atom. The van der Waals surface area contributed by atoms with Gasteiger partial charge in [-0.05, 0) is 48.6 Å². The molecule has 34 heavy (non-hydrogen) atoms. The van der Waals surface area contributed by atoms with Gasteiger partial charge in [0.15, 0.2) is 5.82 Å². The number of anilines is 2. The highest BCUT2D eigenvalue weighted by Gasteiger charge is 2.19. The maximum absolute atomic E-state index is 15.1. The maximum atomic E-state index is 15.1. The van der Waals surface area contributed by atoms with Crippen molar-refractivity contribution in [2.75, 3.05) is 29.4 Å². The molecule has 0 fully saturated rings. The summed E-state index contributed by atoms with van der Waals surface area (Å²) in [7, 11) is -2.45. The minimum Gasteiger partial charge on any atom is -0.453 e. The van der Waals surface area contributed by atoms with Gasteiger partial charge in [0.1, 0.15) is 11.6 Å². The summed E-state index contributed by atoms with van der Waals surface area (Å²) in [5.74, 6) is -1.41. The van der Waals surface area contributed by atoms with E-state index in [9.17, 15) is 17.6 Å². The molecule has 0 saturated carbocycles. The summed E-state index contributed by atoms with van der Waals surface area (Å²) in [5, 5.41) is 7.15. The van der Waals surface area contributed by atoms with Crippen LogP contribution in [-0.4, -0.2) is 44.9 Å². The van der Waals surface area contributed by atoms with Gasteiger partial charge in [0.25, 0.3) is 0 Å². The van der Waals surface area contributed by atoms with Crippen LogP contribution in [0.4, 0.5) is 25.1 Å². The van der Waals surface area contributed by atoms with Gasteiger partial charge in [0.05, 0.1) is 24.1 Å². The van der Waals surface area contributed by atoms with Gasteiger partial charge >= 0.3 is 6.09 Å². The number of fused-ring (bicyclic) bond motifs is 1. The number of ether oxygens (including phenoxy) is 1. The number of carbonyl (C=O) groups is 1. The number of pyridine rings is 1. The lowest BCUT2D eigenvalue weighted by atomic mass is 10.0. The molecule has 3 rings (SSSR count). The SMILES string of the molecule is CCCS(=O)(=O)Nc1ccc(F)c(-c2ccc3cc(NC[C@H](C)NC(=O)OC)ncc3c2)c1F. The number of alkyl carbamates (subject to hydrolysis) is 1. The molecule has 0 radical (unpaired) electrons. The van der Waals surface area contributed by atoms with Gasteiger partial charge in [-0.2, -0.15) is 0 Å². The van der Waals surface area contributed by atoms with E-state index in [2.05, 4.69) is 25.1 Å². The molecule has 11 heteroatoms. The zero-order valence-electron chi connectivity index (χ0n) is 19.0. The first-order valence-electron chi connectivity index (χ1n) is 10.6. The second kappa shape index (κ2) is 10.6. The molecule has 3 aromatic rings. The molecule has 0 spiro atoms. The minimum atomic E-state index is -3.74. The molecule has 182 valence electrons. The van der Waals surface area contributed by atoms with Crippen LogP contribution in [0.3, 0.4) is 0 Å². The number of amides is 1. The Balaban J connectivity index is 1.85. The molecule has 0 aliphatic carbocycles. The fourth-order valence-corrected chi connectivity index (χ4v) is 4.48. The van der Waals surface area contributed by atoms with E-state index >= 15 is 4.39 Å². The summed E-state index contributed by atoms with van der Waals surface area (Å²) in [4.78, 5) is 15.6. The highest BCUT2D eigenvalue weighted by Crippen LogP contribution is 2.33. The fraction of sp³-hybridized carbons (Fsp3) is 0.304. The highest BCUT2D eigenvalue weighted by atomic mass is 32.2. The number of sulfonamides is 1. The molecule has 0 unspecified atom stereocenters. The average Bonchev–Trinajstić information content (AvgIpc) is 2.79. The molecule has 2 aromatic carbocycles. The highest BCUT2D eigenvalue weighted by molar-refractivity contribution is 7.92. The molecule has 8 nitrogen and oxygen atoms in total. The lowest BCUT2D eigenvalue weighted by Crippen LogP contribution is -2.37. The summed E-state index contributed by atoms with van der Waals surface area (Å²) < 4.78 is 60.5. The predicted octanol–water partition coefficient (Wildman–Crippen LogP) is 4.49. The second-order valence-corrected chi connectivity index (χ2v) is 9.60. The first-order chi connectivity index (χ1) is 16.1. The average molecular weight is 493 g/mol. The summed E-state index contributed by atoms with van der Waals surface area (Å²) in [6.07, 6.45) is 1.39. The van der Waals surface area contributed by atoms with E-state index in [-0.39, 0.29) is 28.6 Å². The van der Waals surface area contributed by atoms with Crippen molar-refractivity contribution < 1.29 is 26.7 Å². The zero-order chi connectivity index (χ0) is 24.9. The topological polar surface area (TPSA) is 109 Å². The van der Waals surface area contributed by atoms with Crippen molar-refractivity contribution in [3.8, 4) is 11.1 Å². The third-order valence-electron chi connectivity index (χ3n) is 4.98. The van der Waals surface area contributed by atoms with Crippen LogP contribution >= 0.6 is 0 Å². The van der Waals surface area contributed by atoms with Crippen molar-refractivity contribution in [1.29, 1.82) is 0 Å². The normalized spacial score (nSPS) is 12.3. The molecule has 0 bridgehead atoms. The van der Waals surface area contributed by atoms with Crippen LogP contribution in [-0.2, 0) is 14.8 Å². The van der Waals surface area contributed by atoms with Crippen molar-refractivity contribution in [2.45, 2.75) is 26.3 Å². The smallest absolute Gasteiger partial charge is 0.407 e. The molecule has 1 amide bonds. The van der Waals surface area contributed by atoms with Crippen LogP contribution < -0.4 is 15.4 Å². The third kappa shape index (κ3) is 6.10. The van der Waals surface area contributed by atoms with Gasteiger partial charge in [-0.25, -0.2) is 27.0 Å². The van der Waals surface area contributed by atoms with Crippen LogP contribution in [0.15, 0.2) is 42.6 Å². The number of benzene rings is 2. The van der Waals surface area contributed by atoms with E-state index in [0.29, 0.717) is 24.2 Å². The number of halogens is 2. The number of hydrogen-bond donors (Lipinski definition) is 3. The van der Waals surface area contributed by atoms with Crippen molar-refractivity contribution in [3.63, 3.8) is 0 Å². The molecule has 3 N–H and O–H groups in total. The van der Waals surface area contributed by atoms with Crippen LogP contribution in [0.25, 0.3) is 21.9 Å². The number of nitrogens with zero attached hydrogens (tertiary/aromatic N) is 1. The third-order valence-corrected chi connectivity index (χ3v) is 6.46. The molecule has 1 heterocycles. The Bertz CT molecular complexity index is 1300. The number of aromatic nitrogens is 1. The largest absolute Gasteiger partial charge is 0.453 e. The van der Waals surface area contributed by atoms with E-state index in [4.69, 9.17) is 0 Å². The quantitative estimate of drug-likeness (QED) is 0.406. The summed E-state index contributed by atoms with van der Waals surface area (Å²) >= 11 is 0. The predicted molar refractivity (Wildman–Crippen MR) is 128 cm³/mol. The summed E-state index contributed by atoms with van der Waals surface area (Å²) in [5.41, 5.74) is -0.390. The van der Waals surface area contributed by atoms with Crippen molar-refractivity contribution in [2.24, 2.45) is 0 Å². The van der Waals surface area contributed by atoms with E-state index in [1.807, 2.05) is 0 Å². The molecular weight excluding hydrogens is 466 g/mol. The lowest BCUT2D eigenvalue weighted by Gasteiger charge is -2.15. The van der Waals surface area contributed by atoms with E-state index in [1.54, 1.807) is 44.3 Å². The monoisotopic (exact) mass is 492 g/mol. The Morgan fingerprint density at radius 2 is 1.91 bits per heavy atom. The number of hydrogen-bond acceptors (Lipinski definition) is 6. The van der Waals surface area contributed by atoms with Crippen LogP contribution in [0, 0.1) is 11.6 Å². The van der Waals surface area contributed by atoms with Gasteiger partial charge in [-0.1, -0.05) is 19.1 Å². The van der Waals surface area contributed by atoms with E-state index in [1.165, 1.54) is 7.11 Å². The van der Waals surface area contributed by atoms with Gasteiger partial charge in [0.2, 0.25) is 10.0 Å². The van der Waals surface area contributed by atoms with Gasteiger partial charge in [0, 0.05) is 24.2 Å². The summed E-state index contributed by atoms with van der Waals surface area (Å²) in [6.45, 7) is 3.90. The molecule has 0 saturated heterocycles. The van der Waals surface area contributed by atoms with Crippen molar-refractivity contribution >= 4 is 38.4 Å². The van der Waals surface area contributed by atoms with E-state index < -0.39 is 27.8 Å². The molecule has 1 aromatic heterocycles. The molecule has 1 atom stereocenters. The van der Waals surface area contributed by atoms with Gasteiger partial charge in [-0.15, -0.1) is 0 Å². The first-order valence-corrected chi connectivity index (χ1v) is 12.3. The van der Waals surface area contributed by atoms with E-state index in [0.717, 1.165) is 17.5 Å². The number of nitrogens with one attached hydrogen (secondary N) is 3. The summed E-state index contributed by atoms with van der Waals surface area (Å²) in [6, 6.07) is 8.49. The Kier molecular flexibility index (Phi) is 7.87. The minimum absolute atomic E-state index is 0.172. The first kappa shape index (κ1) is 25.2. The number of carbonyl (C=O) groups excluding carboxylic acids is 1. The lowest BCUT2D eigenvalue weighted by molar-refractivity contribution is 0.168. The Morgan fingerprint density at radius 3 is 2.62 bits per heavy atom. The standard InChI is InChI=1S/C23H26F2N4O4S/c1-4-9-34(31,32)29-19-8-7-18(24)21(22(19)25)16-6-5-15-11-20(27-13-17(15)10-16)26-12-14(2)28-23(30)33-3/h5-8,10-11,13-14,29H,4,9,12H2,1-3H3,(H,26,27)(H,28,30)/t14-/m0/s1. The Hall–Kier alpha value is -3.47. The van der Waals surface area contributed by atoms with Crippen LogP contribution in [0.1, 0.15) is 20.3 Å². The Labute approximate surface area is 196 Å². The van der Waals surface area contributed by atoms with Crippen LogP contribution in [0.2, 0.25) is 0 Å².